The maximum atomic E-state index is 12.4. The Bertz CT molecular complexity index is 949. The topological polar surface area (TPSA) is 120 Å². The van der Waals surface area contributed by atoms with Gasteiger partial charge in [0, 0.05) is 28.7 Å². The van der Waals surface area contributed by atoms with Crippen molar-refractivity contribution < 1.29 is 4.79 Å². The predicted octanol–water partition coefficient (Wildman–Crippen LogP) is 4.36. The van der Waals surface area contributed by atoms with Crippen molar-refractivity contribution in [2.24, 2.45) is 17.7 Å². The third-order valence-electron chi connectivity index (χ3n) is 5.49. The molecule has 3 rings (SSSR count). The minimum Gasteiger partial charge on any atom is -0.397 e. The molecule has 1 unspecified atom stereocenters. The maximum absolute atomic E-state index is 12.4. The third-order valence-corrected chi connectivity index (χ3v) is 5.49. The first kappa shape index (κ1) is 22.4. The Kier molecular flexibility index (Phi) is 7.31. The zero-order chi connectivity index (χ0) is 22.4. The molecule has 7 N–H and O–H groups in total. The molecule has 1 aliphatic carbocycles. The van der Waals surface area contributed by atoms with E-state index in [-0.39, 0.29) is 12.5 Å². The molecule has 0 saturated heterocycles. The van der Waals surface area contributed by atoms with E-state index in [4.69, 9.17) is 17.0 Å². The van der Waals surface area contributed by atoms with Gasteiger partial charge in [0.1, 0.15) is 6.54 Å². The van der Waals surface area contributed by atoms with Crippen molar-refractivity contribution in [2.45, 2.75) is 33.1 Å². The lowest BCUT2D eigenvalue weighted by Crippen LogP contribution is -2.38. The van der Waals surface area contributed by atoms with Crippen molar-refractivity contribution >= 4 is 34.4 Å². The molecule has 2 aromatic carbocycles. The SMILES string of the molecule is CCC(C)/C(=C/C(=N)C1CC1)Nc1ccc(NC(=O)CN(N)c2ccccc2N)cc1. The van der Waals surface area contributed by atoms with E-state index in [0.717, 1.165) is 30.6 Å². The number of hydrogen-bond donors (Lipinski definition) is 5. The molecule has 1 amide bonds. The molecule has 1 aliphatic rings. The summed E-state index contributed by atoms with van der Waals surface area (Å²) in [5.74, 6) is 6.52. The Balaban J connectivity index is 1.59. The van der Waals surface area contributed by atoms with E-state index < -0.39 is 0 Å². The Labute approximate surface area is 184 Å². The molecule has 0 bridgehead atoms. The van der Waals surface area contributed by atoms with Crippen LogP contribution in [0.1, 0.15) is 33.1 Å². The number of anilines is 4. The second kappa shape index (κ2) is 10.1. The summed E-state index contributed by atoms with van der Waals surface area (Å²) in [6.07, 6.45) is 5.21. The first-order chi connectivity index (χ1) is 14.9. The number of nitrogens with zero attached hydrogens (tertiary/aromatic N) is 1. The van der Waals surface area contributed by atoms with E-state index in [2.05, 4.69) is 24.5 Å². The number of hydrogen-bond acceptors (Lipinski definition) is 6. The standard InChI is InChI=1S/C24H32N6O/c1-3-16(2)22(14-21(26)17-8-9-17)28-18-10-12-19(13-11-18)29-24(31)15-30(27)23-7-5-4-6-20(23)25/h4-7,10-14,16-17,26,28H,3,8-9,15,25,27H2,1-2H3,(H,29,31)/b22-14-,26-21?. The molecule has 1 saturated carbocycles. The van der Waals surface area contributed by atoms with Crippen LogP contribution in [-0.2, 0) is 4.79 Å². The molecule has 1 fully saturated rings. The highest BCUT2D eigenvalue weighted by atomic mass is 16.2. The van der Waals surface area contributed by atoms with Crippen LogP contribution in [0.15, 0.2) is 60.3 Å². The molecule has 7 heteroatoms. The molecular weight excluding hydrogens is 388 g/mol. The smallest absolute Gasteiger partial charge is 0.245 e. The van der Waals surface area contributed by atoms with Crippen molar-refractivity contribution in [1.29, 1.82) is 5.41 Å². The summed E-state index contributed by atoms with van der Waals surface area (Å²) in [5.41, 5.74) is 10.4. The summed E-state index contributed by atoms with van der Waals surface area (Å²) in [6, 6.07) is 14.7. The molecule has 0 radical (unpaired) electrons. The van der Waals surface area contributed by atoms with Gasteiger partial charge < -0.3 is 21.8 Å². The molecule has 0 spiro atoms. The number of carbonyl (C=O) groups excluding carboxylic acids is 1. The molecule has 164 valence electrons. The summed E-state index contributed by atoms with van der Waals surface area (Å²) in [6.45, 7) is 4.29. The van der Waals surface area contributed by atoms with Gasteiger partial charge >= 0.3 is 0 Å². The normalized spacial score (nSPS) is 14.6. The van der Waals surface area contributed by atoms with Crippen LogP contribution < -0.4 is 27.2 Å². The van der Waals surface area contributed by atoms with E-state index >= 15 is 0 Å². The van der Waals surface area contributed by atoms with E-state index in [9.17, 15) is 4.79 Å². The molecule has 0 aliphatic heterocycles. The third kappa shape index (κ3) is 6.33. The molecule has 7 nitrogen and oxygen atoms in total. The molecule has 31 heavy (non-hydrogen) atoms. The van der Waals surface area contributed by atoms with Gasteiger partial charge in [-0.05, 0) is 67.7 Å². The average Bonchev–Trinajstić information content (AvgIpc) is 3.59. The summed E-state index contributed by atoms with van der Waals surface area (Å²) < 4.78 is 0. The Morgan fingerprint density at radius 1 is 1.16 bits per heavy atom. The number of nitrogen functional groups attached to an aromatic ring is 1. The van der Waals surface area contributed by atoms with Gasteiger partial charge in [-0.3, -0.25) is 9.80 Å². The predicted molar refractivity (Wildman–Crippen MR) is 129 cm³/mol. The van der Waals surface area contributed by atoms with Gasteiger partial charge in [-0.15, -0.1) is 0 Å². The van der Waals surface area contributed by atoms with Crippen LogP contribution >= 0.6 is 0 Å². The van der Waals surface area contributed by atoms with Gasteiger partial charge in [-0.25, -0.2) is 5.84 Å². The number of benzene rings is 2. The first-order valence-electron chi connectivity index (χ1n) is 10.7. The number of nitrogens with two attached hydrogens (primary N) is 2. The zero-order valence-corrected chi connectivity index (χ0v) is 18.2. The highest BCUT2D eigenvalue weighted by molar-refractivity contribution is 5.97. The molecule has 0 aromatic heterocycles. The van der Waals surface area contributed by atoms with E-state index in [1.54, 1.807) is 12.1 Å². The van der Waals surface area contributed by atoms with Crippen LogP contribution in [-0.4, -0.2) is 18.2 Å². The zero-order valence-electron chi connectivity index (χ0n) is 18.2. The van der Waals surface area contributed by atoms with Crippen molar-refractivity contribution in [1.82, 2.24) is 0 Å². The number of amides is 1. The summed E-state index contributed by atoms with van der Waals surface area (Å²) >= 11 is 0. The second-order valence-electron chi connectivity index (χ2n) is 8.08. The number of nitrogens with one attached hydrogen (secondary N) is 3. The van der Waals surface area contributed by atoms with E-state index in [1.807, 2.05) is 42.5 Å². The Morgan fingerprint density at radius 2 is 1.77 bits per heavy atom. The fraction of sp³-hybridized carbons (Fsp3) is 0.333. The van der Waals surface area contributed by atoms with Gasteiger partial charge in [-0.2, -0.15) is 0 Å². The van der Waals surface area contributed by atoms with Crippen LogP contribution in [0.5, 0.6) is 0 Å². The number of para-hydroxylation sites is 2. The van der Waals surface area contributed by atoms with E-state index in [0.29, 0.717) is 34.6 Å². The van der Waals surface area contributed by atoms with Gasteiger partial charge in [-0.1, -0.05) is 26.0 Å². The quantitative estimate of drug-likeness (QED) is 0.169. The van der Waals surface area contributed by atoms with Gasteiger partial charge in [0.15, 0.2) is 0 Å². The minimum absolute atomic E-state index is 0.0155. The van der Waals surface area contributed by atoms with Crippen LogP contribution in [0.25, 0.3) is 0 Å². The largest absolute Gasteiger partial charge is 0.397 e. The monoisotopic (exact) mass is 420 g/mol. The van der Waals surface area contributed by atoms with Crippen LogP contribution in [0.3, 0.4) is 0 Å². The molecule has 1 atom stereocenters. The minimum atomic E-state index is -0.232. The number of hydrazine groups is 1. The lowest BCUT2D eigenvalue weighted by molar-refractivity contribution is -0.115. The average molecular weight is 421 g/mol. The van der Waals surface area contributed by atoms with Crippen LogP contribution in [0, 0.1) is 17.2 Å². The number of allylic oxidation sites excluding steroid dienone is 2. The number of rotatable bonds is 10. The molecular formula is C24H32N6O. The summed E-state index contributed by atoms with van der Waals surface area (Å²) in [5, 5.41) is 15.9. The second-order valence-corrected chi connectivity index (χ2v) is 8.08. The van der Waals surface area contributed by atoms with Gasteiger partial charge in [0.05, 0.1) is 11.4 Å². The van der Waals surface area contributed by atoms with Crippen molar-refractivity contribution in [3.8, 4) is 0 Å². The number of carbonyl (C=O) groups is 1. The lowest BCUT2D eigenvalue weighted by Gasteiger charge is -2.20. The fourth-order valence-electron chi connectivity index (χ4n) is 3.19. The first-order valence-corrected chi connectivity index (χ1v) is 10.7. The van der Waals surface area contributed by atoms with Gasteiger partial charge in [0.25, 0.3) is 0 Å². The fourth-order valence-corrected chi connectivity index (χ4v) is 3.19. The van der Waals surface area contributed by atoms with Crippen LogP contribution in [0.2, 0.25) is 0 Å². The Hall–Kier alpha value is -3.32. The van der Waals surface area contributed by atoms with Crippen LogP contribution in [0.4, 0.5) is 22.7 Å². The highest BCUT2D eigenvalue weighted by Gasteiger charge is 2.25. The highest BCUT2D eigenvalue weighted by Crippen LogP contribution is 2.31. The van der Waals surface area contributed by atoms with Crippen molar-refractivity contribution in [3.05, 3.63) is 60.3 Å². The van der Waals surface area contributed by atoms with Gasteiger partial charge in [0.2, 0.25) is 5.91 Å². The molecule has 2 aromatic rings. The van der Waals surface area contributed by atoms with E-state index in [1.165, 1.54) is 5.01 Å². The summed E-state index contributed by atoms with van der Waals surface area (Å²) in [7, 11) is 0. The van der Waals surface area contributed by atoms with Crippen molar-refractivity contribution in [3.63, 3.8) is 0 Å². The maximum Gasteiger partial charge on any atom is 0.245 e. The Morgan fingerprint density at radius 3 is 2.35 bits per heavy atom. The molecule has 0 heterocycles. The van der Waals surface area contributed by atoms with Crippen molar-refractivity contribution in [2.75, 3.05) is 27.9 Å². The summed E-state index contributed by atoms with van der Waals surface area (Å²) in [4.78, 5) is 12.4. The lowest BCUT2D eigenvalue weighted by atomic mass is 10.0.